The van der Waals surface area contributed by atoms with Crippen LogP contribution in [0.25, 0.3) is 0 Å². The molecule has 0 aromatic heterocycles. The third-order valence-corrected chi connectivity index (χ3v) is 7.42. The molecule has 1 aromatic carbocycles. The van der Waals surface area contributed by atoms with E-state index in [1.165, 1.54) is 11.9 Å². The van der Waals surface area contributed by atoms with Crippen LogP contribution in [-0.4, -0.2) is 64.7 Å². The molecule has 43 heavy (non-hydrogen) atoms. The van der Waals surface area contributed by atoms with Crippen LogP contribution >= 0.6 is 0 Å². The predicted molar refractivity (Wildman–Crippen MR) is 171 cm³/mol. The summed E-state index contributed by atoms with van der Waals surface area (Å²) in [7, 11) is 1.53. The van der Waals surface area contributed by atoms with Crippen molar-refractivity contribution >= 4 is 23.9 Å². The van der Waals surface area contributed by atoms with Gasteiger partial charge in [-0.15, -0.1) is 0 Å². The highest BCUT2D eigenvalue weighted by molar-refractivity contribution is 5.93. The Labute approximate surface area is 258 Å². The lowest BCUT2D eigenvalue weighted by Crippen LogP contribution is -2.63. The summed E-state index contributed by atoms with van der Waals surface area (Å²) in [5, 5.41) is 15.7. The van der Waals surface area contributed by atoms with Gasteiger partial charge in [0.25, 0.3) is 0 Å². The average molecular weight is 602 g/mol. The fourth-order valence-corrected chi connectivity index (χ4v) is 4.84. The normalized spacial score (nSPS) is 14.9. The molecule has 0 saturated heterocycles. The lowest BCUT2D eigenvalue weighted by molar-refractivity contribution is -0.135. The molecule has 0 bridgehead atoms. The average Bonchev–Trinajstić information content (AvgIpc) is 2.87. The molecule has 0 radical (unpaired) electrons. The molecule has 242 valence electrons. The molecule has 0 aliphatic heterocycles. The summed E-state index contributed by atoms with van der Waals surface area (Å²) in [6.45, 7) is 20.4. The van der Waals surface area contributed by atoms with Crippen LogP contribution in [0, 0.1) is 11.3 Å². The van der Waals surface area contributed by atoms with Gasteiger partial charge in [0.05, 0.1) is 6.04 Å². The van der Waals surface area contributed by atoms with Gasteiger partial charge in [0.15, 0.2) is 0 Å². The van der Waals surface area contributed by atoms with Crippen molar-refractivity contribution in [1.82, 2.24) is 15.5 Å². The van der Waals surface area contributed by atoms with E-state index in [4.69, 9.17) is 4.74 Å². The highest BCUT2D eigenvalue weighted by atomic mass is 16.6. The monoisotopic (exact) mass is 601 g/mol. The lowest BCUT2D eigenvalue weighted by Gasteiger charge is -2.41. The van der Waals surface area contributed by atoms with Gasteiger partial charge in [-0.05, 0) is 50.5 Å². The number of carboxylic acid groups (broad SMARTS) is 1. The van der Waals surface area contributed by atoms with E-state index in [0.29, 0.717) is 6.42 Å². The summed E-state index contributed by atoms with van der Waals surface area (Å²) in [6, 6.07) is 6.84. The number of carbonyl (C=O) groups excluding carboxylic acids is 3. The second-order valence-corrected chi connectivity index (χ2v) is 14.3. The molecule has 9 nitrogen and oxygen atoms in total. The highest BCUT2D eigenvalue weighted by Gasteiger charge is 2.45. The first-order chi connectivity index (χ1) is 19.6. The minimum Gasteiger partial charge on any atom is -0.478 e. The number of carbonyl (C=O) groups is 4. The molecule has 0 saturated carbocycles. The maximum Gasteiger partial charge on any atom is 0.410 e. The Balaban J connectivity index is 3.51. The fourth-order valence-electron chi connectivity index (χ4n) is 4.84. The number of benzene rings is 1. The maximum absolute atomic E-state index is 14.2. The van der Waals surface area contributed by atoms with E-state index in [0.717, 1.165) is 18.4 Å². The first-order valence-electron chi connectivity index (χ1n) is 15.2. The Hall–Kier alpha value is -3.36. The number of unbranched alkanes of at least 4 members (excludes halogenated alkanes) is 1. The van der Waals surface area contributed by atoms with Gasteiger partial charge in [-0.25, -0.2) is 9.59 Å². The van der Waals surface area contributed by atoms with E-state index in [1.807, 2.05) is 85.7 Å². The zero-order valence-electron chi connectivity index (χ0n) is 28.3. The molecule has 0 heterocycles. The van der Waals surface area contributed by atoms with Crippen molar-refractivity contribution < 1.29 is 29.0 Å². The largest absolute Gasteiger partial charge is 0.478 e. The molecule has 1 aromatic rings. The summed E-state index contributed by atoms with van der Waals surface area (Å²) >= 11 is 0. The van der Waals surface area contributed by atoms with Crippen LogP contribution in [0.1, 0.15) is 101 Å². The van der Waals surface area contributed by atoms with Gasteiger partial charge in [0.1, 0.15) is 17.7 Å². The Morgan fingerprint density at radius 2 is 1.49 bits per heavy atom. The van der Waals surface area contributed by atoms with Crippen LogP contribution in [0.4, 0.5) is 4.79 Å². The Morgan fingerprint density at radius 3 is 1.93 bits per heavy atom. The van der Waals surface area contributed by atoms with Crippen molar-refractivity contribution in [2.45, 2.75) is 125 Å². The van der Waals surface area contributed by atoms with Crippen molar-refractivity contribution in [2.24, 2.45) is 11.3 Å². The standard InChI is InChI=1S/C34H55N3O6/c1-13-14-18-23(30(40)41)21-25(22(2)3)35-28(38)26(32(4,5)6)36-29(39)27(37(12)31(42)43-33(7,8)9)34(10,11)24-19-16-15-17-20-24/h15-17,19-22,25-27H,13-14,18H2,1-12H3,(H,35,38)(H,36,39)(H,40,41)/t25-,26-,27-/m1/s1. The molecule has 0 aliphatic carbocycles. The van der Waals surface area contributed by atoms with Gasteiger partial charge in [-0.2, -0.15) is 0 Å². The zero-order valence-corrected chi connectivity index (χ0v) is 28.3. The molecule has 0 unspecified atom stereocenters. The van der Waals surface area contributed by atoms with E-state index < -0.39 is 58.4 Å². The van der Waals surface area contributed by atoms with Crippen LogP contribution in [0.2, 0.25) is 0 Å². The summed E-state index contributed by atoms with van der Waals surface area (Å²) in [4.78, 5) is 54.5. The molecule has 9 heteroatoms. The maximum atomic E-state index is 14.2. The Bertz CT molecular complexity index is 1130. The highest BCUT2D eigenvalue weighted by Crippen LogP contribution is 2.32. The van der Waals surface area contributed by atoms with Crippen LogP contribution in [-0.2, 0) is 24.5 Å². The smallest absolute Gasteiger partial charge is 0.410 e. The van der Waals surface area contributed by atoms with E-state index in [9.17, 15) is 24.3 Å². The van der Waals surface area contributed by atoms with Crippen molar-refractivity contribution in [3.63, 3.8) is 0 Å². The van der Waals surface area contributed by atoms with Gasteiger partial charge in [-0.3, -0.25) is 14.5 Å². The molecular weight excluding hydrogens is 546 g/mol. The molecule has 3 atom stereocenters. The Morgan fingerprint density at radius 1 is 0.930 bits per heavy atom. The van der Waals surface area contributed by atoms with Crippen molar-refractivity contribution in [2.75, 3.05) is 7.05 Å². The molecule has 1 rings (SSSR count). The second-order valence-electron chi connectivity index (χ2n) is 14.3. The third-order valence-electron chi connectivity index (χ3n) is 7.42. The number of nitrogens with zero attached hydrogens (tertiary/aromatic N) is 1. The third kappa shape index (κ3) is 11.3. The lowest BCUT2D eigenvalue weighted by atomic mass is 9.76. The van der Waals surface area contributed by atoms with E-state index in [2.05, 4.69) is 10.6 Å². The van der Waals surface area contributed by atoms with Crippen LogP contribution in [0.15, 0.2) is 42.0 Å². The van der Waals surface area contributed by atoms with E-state index >= 15 is 0 Å². The second kappa shape index (κ2) is 15.4. The molecule has 3 N–H and O–H groups in total. The number of hydrogen-bond acceptors (Lipinski definition) is 5. The number of ether oxygens (including phenoxy) is 1. The number of amides is 3. The minimum absolute atomic E-state index is 0.0979. The quantitative estimate of drug-likeness (QED) is 0.236. The summed E-state index contributed by atoms with van der Waals surface area (Å²) < 4.78 is 5.62. The number of hydrogen-bond donors (Lipinski definition) is 3. The van der Waals surface area contributed by atoms with Crippen LogP contribution in [0.5, 0.6) is 0 Å². The van der Waals surface area contributed by atoms with E-state index in [-0.39, 0.29) is 11.5 Å². The first-order valence-corrected chi connectivity index (χ1v) is 15.2. The van der Waals surface area contributed by atoms with Gasteiger partial charge in [0.2, 0.25) is 11.8 Å². The summed E-state index contributed by atoms with van der Waals surface area (Å²) in [6.07, 6.45) is 2.92. The minimum atomic E-state index is -1.03. The number of carboxylic acids is 1. The summed E-state index contributed by atoms with van der Waals surface area (Å²) in [5.41, 5.74) is -1.27. The number of likely N-dealkylation sites (N-methyl/N-ethyl adjacent to an activating group) is 1. The first kappa shape index (κ1) is 37.7. The van der Waals surface area contributed by atoms with Gasteiger partial charge in [0, 0.05) is 18.0 Å². The van der Waals surface area contributed by atoms with Crippen LogP contribution < -0.4 is 10.6 Å². The van der Waals surface area contributed by atoms with Gasteiger partial charge in [-0.1, -0.05) is 98.2 Å². The molecule has 0 aliphatic rings. The van der Waals surface area contributed by atoms with E-state index in [1.54, 1.807) is 26.8 Å². The molecule has 3 amide bonds. The molecule has 0 fully saturated rings. The van der Waals surface area contributed by atoms with Crippen LogP contribution in [0.3, 0.4) is 0 Å². The van der Waals surface area contributed by atoms with Crippen molar-refractivity contribution in [3.8, 4) is 0 Å². The topological polar surface area (TPSA) is 125 Å². The predicted octanol–water partition coefficient (Wildman–Crippen LogP) is 6.07. The molecule has 0 spiro atoms. The SMILES string of the molecule is CCCCC(=C[C@@H](NC(=O)[C@@H](NC(=O)[C@@H](N(C)C(=O)OC(C)(C)C)C(C)(C)c1ccccc1)C(C)(C)C)C(C)C)C(=O)O. The van der Waals surface area contributed by atoms with Crippen molar-refractivity contribution in [3.05, 3.63) is 47.5 Å². The number of nitrogens with one attached hydrogen (secondary N) is 2. The Kier molecular flexibility index (Phi) is 13.5. The summed E-state index contributed by atoms with van der Waals surface area (Å²) in [5.74, 6) is -2.06. The number of rotatable bonds is 13. The molecular formula is C34H55N3O6. The van der Waals surface area contributed by atoms with Gasteiger partial charge >= 0.3 is 12.1 Å². The number of aliphatic carboxylic acids is 1. The van der Waals surface area contributed by atoms with Gasteiger partial charge < -0.3 is 20.5 Å². The van der Waals surface area contributed by atoms with Crippen molar-refractivity contribution in [1.29, 1.82) is 0 Å². The zero-order chi connectivity index (χ0) is 33.3. The fraction of sp³-hybridized carbons (Fsp3) is 0.647.